The minimum absolute atomic E-state index is 0.354. The summed E-state index contributed by atoms with van der Waals surface area (Å²) in [6.45, 7) is 0.354. The van der Waals surface area contributed by atoms with Gasteiger partial charge < -0.3 is 5.73 Å². The molecule has 7 heteroatoms. The van der Waals surface area contributed by atoms with Crippen LogP contribution < -0.4 is 5.73 Å². The van der Waals surface area contributed by atoms with Crippen molar-refractivity contribution in [3.8, 4) is 0 Å². The first-order valence-corrected chi connectivity index (χ1v) is 6.08. The van der Waals surface area contributed by atoms with Crippen molar-refractivity contribution in [2.75, 3.05) is 5.73 Å². The number of nitrogens with two attached hydrogens (primary N) is 1. The molecule has 0 unspecified atom stereocenters. The molecule has 2 aromatic rings. The Balaban J connectivity index is 2.19. The first kappa shape index (κ1) is 13.2. The van der Waals surface area contributed by atoms with Gasteiger partial charge in [0.1, 0.15) is 5.82 Å². The molecule has 2 N–H and O–H groups in total. The SMILES string of the molecule is Nc1c(I)cnn1Cc1ccc(C(F)(F)F)cc1. The Hall–Kier alpha value is -1.25. The van der Waals surface area contributed by atoms with E-state index in [4.69, 9.17) is 5.73 Å². The van der Waals surface area contributed by atoms with Crippen molar-refractivity contribution in [1.29, 1.82) is 0 Å². The summed E-state index contributed by atoms with van der Waals surface area (Å²) in [7, 11) is 0. The number of aromatic nitrogens is 2. The lowest BCUT2D eigenvalue weighted by Crippen LogP contribution is -2.08. The topological polar surface area (TPSA) is 43.8 Å². The van der Waals surface area contributed by atoms with Crippen molar-refractivity contribution in [2.45, 2.75) is 12.7 Å². The summed E-state index contributed by atoms with van der Waals surface area (Å²) < 4.78 is 39.5. The molecule has 3 nitrogen and oxygen atoms in total. The Morgan fingerprint density at radius 2 is 1.83 bits per heavy atom. The third-order valence-electron chi connectivity index (χ3n) is 2.45. The lowest BCUT2D eigenvalue weighted by molar-refractivity contribution is -0.137. The second-order valence-corrected chi connectivity index (χ2v) is 4.89. The number of hydrogen-bond donors (Lipinski definition) is 1. The Morgan fingerprint density at radius 3 is 2.28 bits per heavy atom. The third-order valence-corrected chi connectivity index (χ3v) is 3.28. The van der Waals surface area contributed by atoms with E-state index in [1.54, 1.807) is 10.9 Å². The van der Waals surface area contributed by atoms with E-state index in [1.807, 2.05) is 22.6 Å². The van der Waals surface area contributed by atoms with E-state index in [0.717, 1.165) is 15.7 Å². The van der Waals surface area contributed by atoms with Gasteiger partial charge in [-0.1, -0.05) is 12.1 Å². The lowest BCUT2D eigenvalue weighted by atomic mass is 10.1. The summed E-state index contributed by atoms with van der Waals surface area (Å²) in [6.07, 6.45) is -2.70. The first-order valence-electron chi connectivity index (χ1n) is 5.01. The number of nitrogens with zero attached hydrogens (tertiary/aromatic N) is 2. The minimum atomic E-state index is -4.31. The van der Waals surface area contributed by atoms with Gasteiger partial charge in [0.15, 0.2) is 0 Å². The molecule has 0 spiro atoms. The van der Waals surface area contributed by atoms with Crippen LogP contribution in [-0.2, 0) is 12.7 Å². The van der Waals surface area contributed by atoms with Crippen LogP contribution in [0.4, 0.5) is 19.0 Å². The van der Waals surface area contributed by atoms with E-state index in [-0.39, 0.29) is 0 Å². The number of alkyl halides is 3. The molecule has 0 atom stereocenters. The predicted octanol–water partition coefficient (Wildman–Crippen LogP) is 3.14. The second kappa shape index (κ2) is 4.79. The summed E-state index contributed by atoms with van der Waals surface area (Å²) in [4.78, 5) is 0. The fourth-order valence-corrected chi connectivity index (χ4v) is 1.87. The van der Waals surface area contributed by atoms with E-state index in [9.17, 15) is 13.2 Å². The van der Waals surface area contributed by atoms with Crippen molar-refractivity contribution in [3.63, 3.8) is 0 Å². The van der Waals surface area contributed by atoms with Gasteiger partial charge in [0.05, 0.1) is 21.9 Å². The molecule has 0 aliphatic rings. The molecule has 1 aromatic heterocycles. The highest BCUT2D eigenvalue weighted by Gasteiger charge is 2.29. The summed E-state index contributed by atoms with van der Waals surface area (Å²) in [5.41, 5.74) is 5.82. The van der Waals surface area contributed by atoms with Crippen LogP contribution in [0.5, 0.6) is 0 Å². The monoisotopic (exact) mass is 367 g/mol. The average Bonchev–Trinajstić information content (AvgIpc) is 2.61. The van der Waals surface area contributed by atoms with E-state index in [2.05, 4.69) is 5.10 Å². The van der Waals surface area contributed by atoms with E-state index in [0.29, 0.717) is 17.9 Å². The molecule has 0 radical (unpaired) electrons. The summed E-state index contributed by atoms with van der Waals surface area (Å²) in [6, 6.07) is 4.97. The number of halogens is 4. The normalized spacial score (nSPS) is 11.8. The summed E-state index contributed by atoms with van der Waals surface area (Å²) in [5, 5.41) is 4.04. The van der Waals surface area contributed by atoms with Crippen LogP contribution >= 0.6 is 22.6 Å². The first-order chi connectivity index (χ1) is 8.38. The van der Waals surface area contributed by atoms with Gasteiger partial charge in [-0.2, -0.15) is 18.3 Å². The zero-order valence-corrected chi connectivity index (χ0v) is 11.2. The van der Waals surface area contributed by atoms with Gasteiger partial charge in [0.2, 0.25) is 0 Å². The second-order valence-electron chi connectivity index (χ2n) is 3.73. The van der Waals surface area contributed by atoms with Gasteiger partial charge in [0, 0.05) is 0 Å². The van der Waals surface area contributed by atoms with Crippen LogP contribution in [-0.4, -0.2) is 9.78 Å². The smallest absolute Gasteiger partial charge is 0.383 e. The third kappa shape index (κ3) is 2.77. The maximum atomic E-state index is 12.4. The molecule has 0 aliphatic carbocycles. The quantitative estimate of drug-likeness (QED) is 0.829. The van der Waals surface area contributed by atoms with Gasteiger partial charge in [-0.3, -0.25) is 0 Å². The highest BCUT2D eigenvalue weighted by molar-refractivity contribution is 14.1. The number of hydrogen-bond acceptors (Lipinski definition) is 2. The van der Waals surface area contributed by atoms with Gasteiger partial charge in [-0.05, 0) is 40.3 Å². The van der Waals surface area contributed by atoms with Crippen LogP contribution in [0.3, 0.4) is 0 Å². The standard InChI is InChI=1S/C11H9F3IN3/c12-11(13,14)8-3-1-7(2-4-8)6-18-10(16)9(15)5-17-18/h1-5H,6,16H2. The van der Waals surface area contributed by atoms with Crippen LogP contribution in [0, 0.1) is 3.57 Å². The zero-order chi connectivity index (χ0) is 13.3. The van der Waals surface area contributed by atoms with E-state index >= 15 is 0 Å². The molecule has 18 heavy (non-hydrogen) atoms. The van der Waals surface area contributed by atoms with Gasteiger partial charge >= 0.3 is 6.18 Å². The Kier molecular flexibility index (Phi) is 3.51. The molecule has 0 bridgehead atoms. The van der Waals surface area contributed by atoms with Gasteiger partial charge in [-0.25, -0.2) is 4.68 Å². The van der Waals surface area contributed by atoms with Crippen LogP contribution in [0.15, 0.2) is 30.5 Å². The number of benzene rings is 1. The number of rotatable bonds is 2. The molecular weight excluding hydrogens is 358 g/mol. The summed E-state index contributed by atoms with van der Waals surface area (Å²) in [5.74, 6) is 0.510. The van der Waals surface area contributed by atoms with Crippen molar-refractivity contribution < 1.29 is 13.2 Å². The molecule has 0 fully saturated rings. The lowest BCUT2D eigenvalue weighted by Gasteiger charge is -2.08. The molecular formula is C11H9F3IN3. The molecule has 0 aliphatic heterocycles. The van der Waals surface area contributed by atoms with Crippen LogP contribution in [0.25, 0.3) is 0 Å². The molecule has 1 aromatic carbocycles. The van der Waals surface area contributed by atoms with Crippen molar-refractivity contribution >= 4 is 28.4 Å². The fraction of sp³-hybridized carbons (Fsp3) is 0.182. The molecule has 96 valence electrons. The van der Waals surface area contributed by atoms with Gasteiger partial charge in [0.25, 0.3) is 0 Å². The van der Waals surface area contributed by atoms with E-state index < -0.39 is 11.7 Å². The fourth-order valence-electron chi connectivity index (χ4n) is 1.47. The Labute approximate surface area is 115 Å². The van der Waals surface area contributed by atoms with Crippen LogP contribution in [0.1, 0.15) is 11.1 Å². The van der Waals surface area contributed by atoms with Crippen molar-refractivity contribution in [2.24, 2.45) is 0 Å². The summed E-state index contributed by atoms with van der Waals surface area (Å²) >= 11 is 2.05. The average molecular weight is 367 g/mol. The molecule has 2 rings (SSSR count). The van der Waals surface area contributed by atoms with E-state index in [1.165, 1.54) is 12.1 Å². The number of anilines is 1. The predicted molar refractivity (Wildman–Crippen MR) is 69.9 cm³/mol. The molecule has 0 amide bonds. The largest absolute Gasteiger partial charge is 0.416 e. The number of nitrogen functional groups attached to an aromatic ring is 1. The highest BCUT2D eigenvalue weighted by Crippen LogP contribution is 2.29. The highest BCUT2D eigenvalue weighted by atomic mass is 127. The molecule has 0 saturated heterocycles. The molecule has 0 saturated carbocycles. The van der Waals surface area contributed by atoms with Crippen LogP contribution in [0.2, 0.25) is 0 Å². The minimum Gasteiger partial charge on any atom is -0.383 e. The Morgan fingerprint density at radius 1 is 1.22 bits per heavy atom. The van der Waals surface area contributed by atoms with Crippen molar-refractivity contribution in [3.05, 3.63) is 45.2 Å². The molecule has 1 heterocycles. The zero-order valence-electron chi connectivity index (χ0n) is 9.08. The maximum Gasteiger partial charge on any atom is 0.416 e. The Bertz CT molecular complexity index is 546. The van der Waals surface area contributed by atoms with Crippen molar-refractivity contribution in [1.82, 2.24) is 9.78 Å². The van der Waals surface area contributed by atoms with Gasteiger partial charge in [-0.15, -0.1) is 0 Å². The maximum absolute atomic E-state index is 12.4.